The highest BCUT2D eigenvalue weighted by Gasteiger charge is 2.35. The van der Waals surface area contributed by atoms with Crippen molar-refractivity contribution in [3.05, 3.63) is 92.4 Å². The Morgan fingerprint density at radius 3 is 1.71 bits per heavy atom. The Kier molecular flexibility index (Phi) is 6.66. The maximum Gasteiger partial charge on any atom is 0.261 e. The van der Waals surface area contributed by atoms with E-state index in [2.05, 4.69) is 41.8 Å². The average Bonchev–Trinajstić information content (AvgIpc) is 2.96. The number of hydrogen-bond acceptors (Lipinski definition) is 5. The molecule has 2 aromatic heterocycles. The summed E-state index contributed by atoms with van der Waals surface area (Å²) in [5.41, 5.74) is 2.30. The van der Waals surface area contributed by atoms with E-state index in [0.29, 0.717) is 22.5 Å². The number of carbonyl (C=O) groups excluding carboxylic acids is 2. The van der Waals surface area contributed by atoms with Crippen LogP contribution < -0.4 is 0 Å². The summed E-state index contributed by atoms with van der Waals surface area (Å²) in [6.45, 7) is 0.201. The molecule has 1 aromatic carbocycles. The summed E-state index contributed by atoms with van der Waals surface area (Å²) in [5, 5.41) is 8.55. The van der Waals surface area contributed by atoms with Gasteiger partial charge in [0.15, 0.2) is 0 Å². The molecule has 3 heterocycles. The largest absolute Gasteiger partial charge is 0.390 e. The maximum atomic E-state index is 12.1. The van der Waals surface area contributed by atoms with Crippen molar-refractivity contribution in [1.29, 1.82) is 0 Å². The molecular formula is C20H15Br2N3O3. The number of imide groups is 1. The van der Waals surface area contributed by atoms with E-state index >= 15 is 0 Å². The number of hydrogen-bond donors (Lipinski definition) is 1. The lowest BCUT2D eigenvalue weighted by atomic mass is 10.1. The highest BCUT2D eigenvalue weighted by atomic mass is 79.9. The number of aromatic nitrogens is 2. The predicted octanol–water partition coefficient (Wildman–Crippen LogP) is 3.98. The molecule has 0 radical (unpaired) electrons. The molecule has 1 aliphatic heterocycles. The molecule has 0 bridgehead atoms. The molecule has 4 rings (SSSR count). The topological polar surface area (TPSA) is 83.4 Å². The van der Waals surface area contributed by atoms with Gasteiger partial charge in [-0.2, -0.15) is 0 Å². The van der Waals surface area contributed by atoms with E-state index in [1.54, 1.807) is 48.8 Å². The first-order valence-corrected chi connectivity index (χ1v) is 9.85. The van der Waals surface area contributed by atoms with Crippen molar-refractivity contribution in [2.75, 3.05) is 0 Å². The van der Waals surface area contributed by atoms with Gasteiger partial charge >= 0.3 is 0 Å². The van der Waals surface area contributed by atoms with Gasteiger partial charge in [0.25, 0.3) is 11.8 Å². The van der Waals surface area contributed by atoms with Gasteiger partial charge in [-0.15, -0.1) is 0 Å². The van der Waals surface area contributed by atoms with Gasteiger partial charge in [0.2, 0.25) is 0 Å². The molecule has 142 valence electrons. The van der Waals surface area contributed by atoms with Crippen molar-refractivity contribution < 1.29 is 14.7 Å². The van der Waals surface area contributed by atoms with Crippen LogP contribution in [0.15, 0.2) is 69.9 Å². The average molecular weight is 505 g/mol. The number of carbonyl (C=O) groups is 2. The van der Waals surface area contributed by atoms with E-state index < -0.39 is 0 Å². The lowest BCUT2D eigenvalue weighted by molar-refractivity contribution is 0.0640. The smallest absolute Gasteiger partial charge is 0.261 e. The molecule has 0 spiro atoms. The molecule has 3 aromatic rings. The van der Waals surface area contributed by atoms with E-state index in [1.165, 1.54) is 4.90 Å². The fourth-order valence-corrected chi connectivity index (χ4v) is 3.01. The molecule has 0 fully saturated rings. The predicted molar refractivity (Wildman–Crippen MR) is 110 cm³/mol. The fraction of sp³-hybridized carbons (Fsp3) is 0.100. The van der Waals surface area contributed by atoms with Crippen LogP contribution in [0.1, 0.15) is 32.1 Å². The Morgan fingerprint density at radius 2 is 1.29 bits per heavy atom. The maximum absolute atomic E-state index is 12.1. The minimum atomic E-state index is -0.259. The summed E-state index contributed by atoms with van der Waals surface area (Å²) in [4.78, 5) is 33.6. The Morgan fingerprint density at radius 1 is 0.786 bits per heavy atom. The summed E-state index contributed by atoms with van der Waals surface area (Å²) in [5.74, 6) is -0.518. The van der Waals surface area contributed by atoms with Gasteiger partial charge in [-0.1, -0.05) is 12.1 Å². The minimum Gasteiger partial charge on any atom is -0.390 e. The number of pyridine rings is 2. The SMILES string of the molecule is O=C1c2ccccc2C(=O)N1Cc1ccc(Br)cn1.OCc1ccc(Br)cn1. The lowest BCUT2D eigenvalue weighted by Crippen LogP contribution is -2.29. The molecule has 0 aliphatic carbocycles. The third-order valence-corrected chi connectivity index (χ3v) is 4.88. The van der Waals surface area contributed by atoms with Crippen LogP contribution in [-0.2, 0) is 13.2 Å². The normalized spacial score (nSPS) is 12.5. The highest BCUT2D eigenvalue weighted by Crippen LogP contribution is 2.24. The van der Waals surface area contributed by atoms with Crippen LogP contribution >= 0.6 is 31.9 Å². The quantitative estimate of drug-likeness (QED) is 0.545. The van der Waals surface area contributed by atoms with Crippen LogP contribution in [0.4, 0.5) is 0 Å². The molecule has 6 nitrogen and oxygen atoms in total. The molecule has 28 heavy (non-hydrogen) atoms. The Balaban J connectivity index is 0.000000211. The minimum absolute atomic E-state index is 0.00722. The zero-order valence-electron chi connectivity index (χ0n) is 14.5. The van der Waals surface area contributed by atoms with Gasteiger partial charge < -0.3 is 5.11 Å². The van der Waals surface area contributed by atoms with Gasteiger partial charge in [0.05, 0.1) is 35.7 Å². The van der Waals surface area contributed by atoms with E-state index in [1.807, 2.05) is 12.1 Å². The second-order valence-electron chi connectivity index (χ2n) is 5.84. The monoisotopic (exact) mass is 503 g/mol. The lowest BCUT2D eigenvalue weighted by Gasteiger charge is -2.12. The van der Waals surface area contributed by atoms with E-state index in [-0.39, 0.29) is 25.0 Å². The molecule has 2 amide bonds. The first-order valence-electron chi connectivity index (χ1n) is 8.26. The third kappa shape index (κ3) is 4.70. The highest BCUT2D eigenvalue weighted by molar-refractivity contribution is 9.10. The summed E-state index contributed by atoms with van der Waals surface area (Å²) in [6, 6.07) is 14.1. The number of fused-ring (bicyclic) bond motifs is 1. The van der Waals surface area contributed by atoms with Crippen LogP contribution in [0.3, 0.4) is 0 Å². The molecule has 8 heteroatoms. The number of benzene rings is 1. The molecule has 0 unspecified atom stereocenters. The van der Waals surface area contributed by atoms with E-state index in [4.69, 9.17) is 5.11 Å². The van der Waals surface area contributed by atoms with Crippen LogP contribution in [0.25, 0.3) is 0 Å². The number of aliphatic hydroxyl groups excluding tert-OH is 1. The number of rotatable bonds is 3. The van der Waals surface area contributed by atoms with Gasteiger partial charge in [0.1, 0.15) is 0 Å². The summed E-state index contributed by atoms with van der Waals surface area (Å²) >= 11 is 6.53. The summed E-state index contributed by atoms with van der Waals surface area (Å²) in [7, 11) is 0. The third-order valence-electron chi connectivity index (χ3n) is 3.94. The number of nitrogens with zero attached hydrogens (tertiary/aromatic N) is 3. The zero-order valence-corrected chi connectivity index (χ0v) is 17.7. The fourth-order valence-electron chi connectivity index (χ4n) is 2.54. The van der Waals surface area contributed by atoms with Crippen molar-refractivity contribution in [1.82, 2.24) is 14.9 Å². The van der Waals surface area contributed by atoms with Crippen molar-refractivity contribution >= 4 is 43.7 Å². The van der Waals surface area contributed by atoms with Crippen LogP contribution in [-0.4, -0.2) is 31.8 Å². The van der Waals surface area contributed by atoms with Crippen molar-refractivity contribution in [3.63, 3.8) is 0 Å². The number of amides is 2. The van der Waals surface area contributed by atoms with Gasteiger partial charge in [-0.3, -0.25) is 24.5 Å². The molecule has 0 atom stereocenters. The Bertz CT molecular complexity index is 957. The van der Waals surface area contributed by atoms with E-state index in [9.17, 15) is 9.59 Å². The van der Waals surface area contributed by atoms with Gasteiger partial charge in [0, 0.05) is 21.3 Å². The second-order valence-corrected chi connectivity index (χ2v) is 7.67. The van der Waals surface area contributed by atoms with Gasteiger partial charge in [-0.25, -0.2) is 0 Å². The van der Waals surface area contributed by atoms with Gasteiger partial charge in [-0.05, 0) is 68.3 Å². The van der Waals surface area contributed by atoms with Crippen molar-refractivity contribution in [2.45, 2.75) is 13.2 Å². The molecule has 1 aliphatic rings. The zero-order chi connectivity index (χ0) is 20.1. The first kappa shape index (κ1) is 20.3. The summed E-state index contributed by atoms with van der Waals surface area (Å²) < 4.78 is 1.79. The van der Waals surface area contributed by atoms with E-state index in [0.717, 1.165) is 8.95 Å². The molecule has 0 saturated heterocycles. The van der Waals surface area contributed by atoms with Crippen LogP contribution in [0.2, 0.25) is 0 Å². The Labute approximate surface area is 178 Å². The standard InChI is InChI=1S/C14H9BrN2O2.C6H6BrNO/c15-9-5-6-10(16-7-9)8-17-13(18)11-3-1-2-4-12(11)14(17)19;7-5-1-2-6(4-9)8-3-5/h1-7H,8H2;1-3,9H,4H2. The summed E-state index contributed by atoms with van der Waals surface area (Å²) in [6.07, 6.45) is 3.30. The molecular weight excluding hydrogens is 490 g/mol. The number of halogens is 2. The number of aliphatic hydroxyl groups is 1. The van der Waals surface area contributed by atoms with Crippen molar-refractivity contribution in [2.24, 2.45) is 0 Å². The van der Waals surface area contributed by atoms with Crippen LogP contribution in [0.5, 0.6) is 0 Å². The van der Waals surface area contributed by atoms with Crippen LogP contribution in [0, 0.1) is 0 Å². The Hall–Kier alpha value is -2.42. The molecule has 0 saturated carbocycles. The first-order chi connectivity index (χ1) is 13.5. The molecule has 1 N–H and O–H groups in total. The second kappa shape index (κ2) is 9.18. The van der Waals surface area contributed by atoms with Crippen molar-refractivity contribution in [3.8, 4) is 0 Å².